The van der Waals surface area contributed by atoms with Gasteiger partial charge in [-0.15, -0.1) is 0 Å². The van der Waals surface area contributed by atoms with E-state index in [2.05, 4.69) is 20.6 Å². The first kappa shape index (κ1) is 22.3. The van der Waals surface area contributed by atoms with Gasteiger partial charge in [-0.3, -0.25) is 9.59 Å². The molecule has 0 spiro atoms. The third-order valence-electron chi connectivity index (χ3n) is 4.60. The number of aromatic nitrogens is 2. The van der Waals surface area contributed by atoms with Crippen molar-refractivity contribution in [3.63, 3.8) is 0 Å². The van der Waals surface area contributed by atoms with Crippen LogP contribution in [0.5, 0.6) is 11.5 Å². The number of nitrogens with zero attached hydrogens (tertiary/aromatic N) is 2. The maximum Gasteiger partial charge on any atom is 0.274 e. The van der Waals surface area contributed by atoms with Gasteiger partial charge in [0.05, 0.1) is 14.2 Å². The summed E-state index contributed by atoms with van der Waals surface area (Å²) in [4.78, 5) is 32.9. The predicted octanol–water partition coefficient (Wildman–Crippen LogP) is 1.52. The van der Waals surface area contributed by atoms with Gasteiger partial charge in [0.25, 0.3) is 11.8 Å². The molecule has 0 fully saturated rings. The van der Waals surface area contributed by atoms with Crippen LogP contribution in [-0.2, 0) is 13.1 Å². The third-order valence-corrected chi connectivity index (χ3v) is 4.60. The second kappa shape index (κ2) is 10.1. The number of nitrogens with one attached hydrogen (secondary N) is 2. The molecular formula is C22H24N6O4. The zero-order valence-corrected chi connectivity index (χ0v) is 17.7. The van der Waals surface area contributed by atoms with Crippen molar-refractivity contribution in [3.05, 3.63) is 71.0 Å². The van der Waals surface area contributed by atoms with Gasteiger partial charge in [-0.1, -0.05) is 24.3 Å². The van der Waals surface area contributed by atoms with Crippen LogP contribution in [0.4, 0.5) is 11.6 Å². The topological polar surface area (TPSA) is 154 Å². The average Bonchev–Trinajstić information content (AvgIpc) is 2.82. The van der Waals surface area contributed by atoms with Gasteiger partial charge in [0.1, 0.15) is 11.5 Å². The Hall–Kier alpha value is -4.34. The van der Waals surface area contributed by atoms with E-state index < -0.39 is 11.8 Å². The first-order valence-electron chi connectivity index (χ1n) is 9.66. The summed E-state index contributed by atoms with van der Waals surface area (Å²) in [6.45, 7) is 0.488. The van der Waals surface area contributed by atoms with Crippen LogP contribution in [0.1, 0.15) is 32.1 Å². The van der Waals surface area contributed by atoms with Crippen LogP contribution in [0.3, 0.4) is 0 Å². The van der Waals surface area contributed by atoms with Gasteiger partial charge in [-0.05, 0) is 35.4 Å². The zero-order chi connectivity index (χ0) is 23.1. The number of carbonyl (C=O) groups is 2. The molecule has 0 saturated heterocycles. The number of carbonyl (C=O) groups excluding carboxylic acids is 2. The molecule has 0 aliphatic heterocycles. The van der Waals surface area contributed by atoms with Gasteiger partial charge in [-0.25, -0.2) is 9.97 Å². The van der Waals surface area contributed by atoms with Gasteiger partial charge in [0.2, 0.25) is 0 Å². The minimum Gasteiger partial charge on any atom is -0.497 e. The van der Waals surface area contributed by atoms with Crippen molar-refractivity contribution in [2.24, 2.45) is 0 Å². The summed E-state index contributed by atoms with van der Waals surface area (Å²) in [6, 6.07) is 14.4. The third kappa shape index (κ3) is 5.42. The molecule has 6 N–H and O–H groups in total. The number of ether oxygens (including phenoxy) is 2. The standard InChI is InChI=1S/C22H24N6O4/c1-31-15-7-3-13(4-8-15)11-25-21(29)17-19(23)28-18(20(24)27-17)22(30)26-12-14-5-9-16(32-2)10-6-14/h3-10H,11-12H2,1-2H3,(H2,24,27)(H2,23,28)(H,25,29)(H,26,30). The highest BCUT2D eigenvalue weighted by Gasteiger charge is 2.20. The van der Waals surface area contributed by atoms with Crippen LogP contribution in [0, 0.1) is 0 Å². The van der Waals surface area contributed by atoms with Gasteiger partial charge >= 0.3 is 0 Å². The van der Waals surface area contributed by atoms with E-state index in [9.17, 15) is 9.59 Å². The number of methoxy groups -OCH3 is 2. The Labute approximate surface area is 185 Å². The summed E-state index contributed by atoms with van der Waals surface area (Å²) in [5, 5.41) is 5.39. The maximum atomic E-state index is 12.5. The maximum absolute atomic E-state index is 12.5. The molecule has 32 heavy (non-hydrogen) atoms. The van der Waals surface area contributed by atoms with E-state index >= 15 is 0 Å². The van der Waals surface area contributed by atoms with E-state index in [1.54, 1.807) is 38.5 Å². The molecule has 1 aromatic heterocycles. The first-order valence-corrected chi connectivity index (χ1v) is 9.66. The van der Waals surface area contributed by atoms with Gasteiger partial charge in [-0.2, -0.15) is 0 Å². The Morgan fingerprint density at radius 1 is 0.719 bits per heavy atom. The van der Waals surface area contributed by atoms with Crippen molar-refractivity contribution in [2.45, 2.75) is 13.1 Å². The molecule has 0 radical (unpaired) electrons. The van der Waals surface area contributed by atoms with Crippen molar-refractivity contribution in [2.75, 3.05) is 25.7 Å². The van der Waals surface area contributed by atoms with Gasteiger partial charge in [0.15, 0.2) is 23.0 Å². The highest BCUT2D eigenvalue weighted by atomic mass is 16.5. The predicted molar refractivity (Wildman–Crippen MR) is 119 cm³/mol. The second-order valence-electron chi connectivity index (χ2n) is 6.75. The van der Waals surface area contributed by atoms with Crippen LogP contribution in [0.2, 0.25) is 0 Å². The van der Waals surface area contributed by atoms with Crippen molar-refractivity contribution in [1.82, 2.24) is 20.6 Å². The zero-order valence-electron chi connectivity index (χ0n) is 17.7. The highest BCUT2D eigenvalue weighted by Crippen LogP contribution is 2.15. The Balaban J connectivity index is 1.63. The van der Waals surface area contributed by atoms with Crippen LogP contribution in [-0.4, -0.2) is 36.0 Å². The molecule has 166 valence electrons. The van der Waals surface area contributed by atoms with Crippen molar-refractivity contribution >= 4 is 23.5 Å². The fourth-order valence-electron chi connectivity index (χ4n) is 2.81. The molecule has 0 bridgehead atoms. The minimum atomic E-state index is -0.553. The fourth-order valence-corrected chi connectivity index (χ4v) is 2.81. The summed E-state index contributed by atoms with van der Waals surface area (Å²) in [6.07, 6.45) is 0. The van der Waals surface area contributed by atoms with Crippen molar-refractivity contribution < 1.29 is 19.1 Å². The average molecular weight is 436 g/mol. The van der Waals surface area contributed by atoms with E-state index in [-0.39, 0.29) is 36.1 Å². The molecule has 3 rings (SSSR count). The van der Waals surface area contributed by atoms with Crippen LogP contribution in [0.25, 0.3) is 0 Å². The molecule has 0 unspecified atom stereocenters. The van der Waals surface area contributed by atoms with Crippen LogP contribution < -0.4 is 31.6 Å². The molecule has 10 heteroatoms. The lowest BCUT2D eigenvalue weighted by molar-refractivity contribution is 0.0933. The summed E-state index contributed by atoms with van der Waals surface area (Å²) in [5.74, 6) is -0.0693. The van der Waals surface area contributed by atoms with Gasteiger partial charge in [0, 0.05) is 13.1 Å². The molecule has 3 aromatic rings. The monoisotopic (exact) mass is 436 g/mol. The number of nitrogens with two attached hydrogens (primary N) is 2. The molecule has 0 atom stereocenters. The molecular weight excluding hydrogens is 412 g/mol. The minimum absolute atomic E-state index is 0.150. The Morgan fingerprint density at radius 2 is 1.06 bits per heavy atom. The van der Waals surface area contributed by atoms with E-state index in [1.165, 1.54) is 0 Å². The number of benzene rings is 2. The van der Waals surface area contributed by atoms with E-state index in [1.807, 2.05) is 24.3 Å². The molecule has 2 amide bonds. The molecule has 1 heterocycles. The summed E-state index contributed by atoms with van der Waals surface area (Å²) in [5.41, 5.74) is 13.2. The van der Waals surface area contributed by atoms with E-state index in [0.717, 1.165) is 11.1 Å². The lowest BCUT2D eigenvalue weighted by atomic mass is 10.2. The number of nitrogen functional groups attached to an aromatic ring is 2. The molecule has 10 nitrogen and oxygen atoms in total. The first-order chi connectivity index (χ1) is 15.4. The quantitative estimate of drug-likeness (QED) is 0.414. The highest BCUT2D eigenvalue weighted by molar-refractivity contribution is 6.00. The van der Waals surface area contributed by atoms with E-state index in [4.69, 9.17) is 20.9 Å². The number of anilines is 2. The van der Waals surface area contributed by atoms with Gasteiger partial charge < -0.3 is 31.6 Å². The molecule has 0 saturated carbocycles. The Bertz CT molecular complexity index is 1010. The summed E-state index contributed by atoms with van der Waals surface area (Å²) in [7, 11) is 3.15. The summed E-state index contributed by atoms with van der Waals surface area (Å²) >= 11 is 0. The molecule has 0 aliphatic rings. The van der Waals surface area contributed by atoms with Crippen molar-refractivity contribution in [1.29, 1.82) is 0 Å². The number of hydrogen-bond donors (Lipinski definition) is 4. The van der Waals surface area contributed by atoms with E-state index in [0.29, 0.717) is 11.5 Å². The molecule has 0 aliphatic carbocycles. The summed E-state index contributed by atoms with van der Waals surface area (Å²) < 4.78 is 10.2. The van der Waals surface area contributed by atoms with Crippen molar-refractivity contribution in [3.8, 4) is 11.5 Å². The van der Waals surface area contributed by atoms with Crippen LogP contribution in [0.15, 0.2) is 48.5 Å². The SMILES string of the molecule is COc1ccc(CNC(=O)c2nc(N)c(C(=O)NCc3ccc(OC)cc3)nc2N)cc1. The number of hydrogen-bond acceptors (Lipinski definition) is 8. The Morgan fingerprint density at radius 3 is 1.38 bits per heavy atom. The number of rotatable bonds is 8. The largest absolute Gasteiger partial charge is 0.497 e. The smallest absolute Gasteiger partial charge is 0.274 e. The van der Waals surface area contributed by atoms with Crippen LogP contribution >= 0.6 is 0 Å². The fraction of sp³-hybridized carbons (Fsp3) is 0.182. The Kier molecular flexibility index (Phi) is 7.06. The lowest BCUT2D eigenvalue weighted by Gasteiger charge is -2.11. The molecule has 2 aromatic carbocycles. The lowest BCUT2D eigenvalue weighted by Crippen LogP contribution is -2.29. The normalized spacial score (nSPS) is 10.3. The number of amides is 2. The second-order valence-corrected chi connectivity index (χ2v) is 6.75.